The van der Waals surface area contributed by atoms with E-state index in [0.717, 1.165) is 11.1 Å². The molecular formula is C37H45N5O7S. The zero-order chi connectivity index (χ0) is 35.6. The van der Waals surface area contributed by atoms with E-state index in [1.54, 1.807) is 28.5 Å². The van der Waals surface area contributed by atoms with Gasteiger partial charge in [0.05, 0.1) is 24.8 Å². The Labute approximate surface area is 296 Å². The minimum absolute atomic E-state index is 0.0577. The van der Waals surface area contributed by atoms with Crippen molar-refractivity contribution in [2.24, 2.45) is 5.92 Å². The summed E-state index contributed by atoms with van der Waals surface area (Å²) in [7, 11) is 1.50. The SMILES string of the molecule is COCCN1CC(=O)N[C@@H](Cc2ccccc2)C(=O)N[C@@H]2CN(C(=O)c3ccsc3)C[C@H]2c2cccc(c2)OCC(=O)N[C@H](CC(C)C)C1=O. The first-order chi connectivity index (χ1) is 24.1. The van der Waals surface area contributed by atoms with Crippen molar-refractivity contribution in [3.05, 3.63) is 88.1 Å². The van der Waals surface area contributed by atoms with Gasteiger partial charge in [-0.2, -0.15) is 11.3 Å². The molecule has 1 fully saturated rings. The third-order valence-corrected chi connectivity index (χ3v) is 9.53. The average molecular weight is 704 g/mol. The lowest BCUT2D eigenvalue weighted by atomic mass is 9.93. The Morgan fingerprint density at radius 2 is 1.74 bits per heavy atom. The molecule has 2 aliphatic rings. The van der Waals surface area contributed by atoms with Crippen molar-refractivity contribution in [1.29, 1.82) is 0 Å². The summed E-state index contributed by atoms with van der Waals surface area (Å²) in [5, 5.41) is 12.5. The molecular weight excluding hydrogens is 659 g/mol. The van der Waals surface area contributed by atoms with Gasteiger partial charge in [-0.1, -0.05) is 56.3 Å². The summed E-state index contributed by atoms with van der Waals surface area (Å²) in [6.45, 7) is 4.06. The Morgan fingerprint density at radius 3 is 2.46 bits per heavy atom. The molecule has 3 aromatic rings. The normalized spacial score (nSPS) is 22.2. The molecule has 5 amide bonds. The number of hydrogen-bond donors (Lipinski definition) is 3. The monoisotopic (exact) mass is 703 g/mol. The first kappa shape index (κ1) is 36.5. The molecule has 0 saturated carbocycles. The van der Waals surface area contributed by atoms with Crippen LogP contribution in [0.25, 0.3) is 0 Å². The van der Waals surface area contributed by atoms with E-state index < -0.39 is 41.8 Å². The summed E-state index contributed by atoms with van der Waals surface area (Å²) in [5.41, 5.74) is 2.23. The van der Waals surface area contributed by atoms with Crippen LogP contribution in [0.1, 0.15) is 47.7 Å². The zero-order valence-corrected chi connectivity index (χ0v) is 29.4. The molecule has 13 heteroatoms. The van der Waals surface area contributed by atoms with E-state index in [1.165, 1.54) is 23.3 Å². The highest BCUT2D eigenvalue weighted by molar-refractivity contribution is 7.08. The maximum Gasteiger partial charge on any atom is 0.258 e. The molecule has 50 heavy (non-hydrogen) atoms. The molecule has 266 valence electrons. The van der Waals surface area contributed by atoms with E-state index in [0.29, 0.717) is 24.3 Å². The summed E-state index contributed by atoms with van der Waals surface area (Å²) in [5.74, 6) is -1.80. The fraction of sp³-hybridized carbons (Fsp3) is 0.432. The fourth-order valence-corrected chi connectivity index (χ4v) is 7.01. The molecule has 3 heterocycles. The maximum atomic E-state index is 14.2. The third kappa shape index (κ3) is 9.69. The van der Waals surface area contributed by atoms with Crippen LogP contribution in [0.3, 0.4) is 0 Å². The number of amides is 5. The van der Waals surface area contributed by atoms with Crippen LogP contribution in [-0.2, 0) is 30.3 Å². The minimum atomic E-state index is -0.980. The van der Waals surface area contributed by atoms with Crippen molar-refractivity contribution in [2.75, 3.05) is 46.5 Å². The van der Waals surface area contributed by atoms with Gasteiger partial charge in [-0.3, -0.25) is 24.0 Å². The number of ether oxygens (including phenoxy) is 2. The summed E-state index contributed by atoms with van der Waals surface area (Å²) >= 11 is 1.43. The van der Waals surface area contributed by atoms with Crippen LogP contribution < -0.4 is 20.7 Å². The first-order valence-corrected chi connectivity index (χ1v) is 17.8. The number of carbonyl (C=O) groups excluding carboxylic acids is 5. The fourth-order valence-electron chi connectivity index (χ4n) is 6.38. The van der Waals surface area contributed by atoms with Crippen molar-refractivity contribution < 1.29 is 33.4 Å². The van der Waals surface area contributed by atoms with Crippen LogP contribution in [0.15, 0.2) is 71.4 Å². The number of benzene rings is 2. The van der Waals surface area contributed by atoms with Crippen molar-refractivity contribution in [2.45, 2.75) is 50.7 Å². The average Bonchev–Trinajstić information content (AvgIpc) is 3.79. The Bertz CT molecular complexity index is 1630. The van der Waals surface area contributed by atoms with Crippen LogP contribution in [0, 0.1) is 5.92 Å². The summed E-state index contributed by atoms with van der Waals surface area (Å²) in [6.07, 6.45) is 0.544. The van der Waals surface area contributed by atoms with Crippen molar-refractivity contribution in [1.82, 2.24) is 25.8 Å². The molecule has 1 aromatic heterocycles. The van der Waals surface area contributed by atoms with E-state index in [9.17, 15) is 24.0 Å². The molecule has 5 rings (SSSR count). The number of methoxy groups -OCH3 is 1. The molecule has 4 atom stereocenters. The highest BCUT2D eigenvalue weighted by Crippen LogP contribution is 2.31. The third-order valence-electron chi connectivity index (χ3n) is 8.85. The number of fused-ring (bicyclic) bond motifs is 4. The van der Waals surface area contributed by atoms with Crippen LogP contribution in [0.4, 0.5) is 0 Å². The second kappa shape index (κ2) is 17.3. The topological polar surface area (TPSA) is 146 Å². The standard InChI is InChI=1S/C37H45N5O7S/c1-24(2)16-31-37(47)41(13-14-48-3)21-33(43)38-30(17-25-8-5-4-6-9-25)35(45)40-32-20-42(36(46)27-12-15-50-23-27)19-29(32)26-10-7-11-28(18-26)49-22-34(44)39-31/h4-12,15,18,23-24,29-32H,13-14,16-17,19-22H2,1-3H3,(H,38,43)(H,39,44)(H,40,45)/t29-,30-,31+,32+/m0/s1. The van der Waals surface area contributed by atoms with Crippen molar-refractivity contribution in [3.63, 3.8) is 0 Å². The second-order valence-corrected chi connectivity index (χ2v) is 13.9. The van der Waals surface area contributed by atoms with Gasteiger partial charge in [0, 0.05) is 44.5 Å². The zero-order valence-electron chi connectivity index (χ0n) is 28.6. The van der Waals surface area contributed by atoms with Gasteiger partial charge in [0.15, 0.2) is 6.61 Å². The van der Waals surface area contributed by atoms with E-state index >= 15 is 0 Å². The maximum absolute atomic E-state index is 14.2. The van der Waals surface area contributed by atoms with Crippen molar-refractivity contribution >= 4 is 40.9 Å². The number of nitrogens with zero attached hydrogens (tertiary/aromatic N) is 2. The Morgan fingerprint density at radius 1 is 0.960 bits per heavy atom. The highest BCUT2D eigenvalue weighted by atomic mass is 32.1. The quantitative estimate of drug-likeness (QED) is 0.327. The molecule has 1 saturated heterocycles. The molecule has 0 aliphatic carbocycles. The smallest absolute Gasteiger partial charge is 0.258 e. The number of likely N-dealkylation sites (tertiary alicyclic amines) is 1. The Hall–Kier alpha value is -4.75. The molecule has 0 unspecified atom stereocenters. The predicted octanol–water partition coefficient (Wildman–Crippen LogP) is 2.60. The molecule has 2 aromatic carbocycles. The Balaban J connectivity index is 1.50. The van der Waals surface area contributed by atoms with Crippen LogP contribution >= 0.6 is 11.3 Å². The predicted molar refractivity (Wildman–Crippen MR) is 189 cm³/mol. The molecule has 2 bridgehead atoms. The lowest BCUT2D eigenvalue weighted by Gasteiger charge is -2.29. The van der Waals surface area contributed by atoms with Gasteiger partial charge < -0.3 is 35.2 Å². The number of thiophene rings is 1. The Kier molecular flexibility index (Phi) is 12.6. The summed E-state index contributed by atoms with van der Waals surface area (Å²) in [4.78, 5) is 71.4. The number of nitrogens with one attached hydrogen (secondary N) is 3. The van der Waals surface area contributed by atoms with Gasteiger partial charge in [-0.25, -0.2) is 0 Å². The summed E-state index contributed by atoms with van der Waals surface area (Å²) in [6, 6.07) is 16.0. The van der Waals surface area contributed by atoms with E-state index in [1.807, 2.05) is 61.7 Å². The van der Waals surface area contributed by atoms with Gasteiger partial charge in [0.2, 0.25) is 17.7 Å². The lowest BCUT2D eigenvalue weighted by molar-refractivity contribution is -0.141. The first-order valence-electron chi connectivity index (χ1n) is 16.9. The van der Waals surface area contributed by atoms with Gasteiger partial charge in [-0.05, 0) is 47.0 Å². The lowest BCUT2D eigenvalue weighted by Crippen LogP contribution is -2.56. The number of carbonyl (C=O) groups is 5. The molecule has 3 N–H and O–H groups in total. The largest absolute Gasteiger partial charge is 0.484 e. The van der Waals surface area contributed by atoms with Gasteiger partial charge in [-0.15, -0.1) is 0 Å². The van der Waals surface area contributed by atoms with Crippen LogP contribution in [0.5, 0.6) is 5.75 Å². The second-order valence-electron chi connectivity index (χ2n) is 13.1. The van der Waals surface area contributed by atoms with Gasteiger partial charge in [0.25, 0.3) is 11.8 Å². The van der Waals surface area contributed by atoms with E-state index in [2.05, 4.69) is 16.0 Å². The molecule has 0 spiro atoms. The van der Waals surface area contributed by atoms with E-state index in [4.69, 9.17) is 9.47 Å². The van der Waals surface area contributed by atoms with Crippen LogP contribution in [-0.4, -0.2) is 104 Å². The number of rotatable bonds is 8. The van der Waals surface area contributed by atoms with Gasteiger partial charge in [0.1, 0.15) is 17.8 Å². The van der Waals surface area contributed by atoms with Gasteiger partial charge >= 0.3 is 0 Å². The molecule has 2 aliphatic heterocycles. The molecule has 12 nitrogen and oxygen atoms in total. The minimum Gasteiger partial charge on any atom is -0.484 e. The van der Waals surface area contributed by atoms with Crippen LogP contribution in [0.2, 0.25) is 0 Å². The summed E-state index contributed by atoms with van der Waals surface area (Å²) < 4.78 is 11.1. The number of hydrogen-bond acceptors (Lipinski definition) is 8. The van der Waals surface area contributed by atoms with E-state index in [-0.39, 0.29) is 57.0 Å². The van der Waals surface area contributed by atoms with Crippen molar-refractivity contribution in [3.8, 4) is 5.75 Å². The highest BCUT2D eigenvalue weighted by Gasteiger charge is 2.39. The molecule has 0 radical (unpaired) electrons.